The van der Waals surface area contributed by atoms with E-state index in [1.165, 1.54) is 0 Å². The molecule has 0 bridgehead atoms. The first kappa shape index (κ1) is 16.9. The van der Waals surface area contributed by atoms with Crippen molar-refractivity contribution in [3.05, 3.63) is 82.7 Å². The zero-order valence-corrected chi connectivity index (χ0v) is 15.9. The number of halogens is 1. The normalized spacial score (nSPS) is 19.1. The molecule has 1 aliphatic rings. The second kappa shape index (κ2) is 7.00. The van der Waals surface area contributed by atoms with Gasteiger partial charge in [-0.2, -0.15) is 0 Å². The Bertz CT molecular complexity index is 923. The van der Waals surface area contributed by atoms with Gasteiger partial charge in [0, 0.05) is 17.4 Å². The molecule has 0 fully saturated rings. The number of fused-ring (bicyclic) bond motifs is 1. The Kier molecular flexibility index (Phi) is 4.55. The van der Waals surface area contributed by atoms with E-state index in [1.54, 1.807) is 12.1 Å². The Hall–Kier alpha value is -2.53. The van der Waals surface area contributed by atoms with Crippen LogP contribution in [0.5, 0.6) is 0 Å². The number of amides is 1. The molecular weight excluding hydrogens is 392 g/mol. The third-order valence-electron chi connectivity index (χ3n) is 4.71. The Labute approximate surface area is 160 Å². The fourth-order valence-electron chi connectivity index (χ4n) is 3.54. The highest BCUT2D eigenvalue weighted by Gasteiger charge is 2.35. The summed E-state index contributed by atoms with van der Waals surface area (Å²) in [6.07, 6.45) is 0.819. The van der Waals surface area contributed by atoms with Gasteiger partial charge in [-0.05, 0) is 65.2 Å². The number of carbonyl (C=O) groups excluding carboxylic acids is 1. The first-order chi connectivity index (χ1) is 12.6. The van der Waals surface area contributed by atoms with Gasteiger partial charge in [-0.25, -0.2) is 0 Å². The number of nitrogens with zero attached hydrogens (tertiary/aromatic N) is 1. The summed E-state index contributed by atoms with van der Waals surface area (Å²) in [5.41, 5.74) is 3.12. The van der Waals surface area contributed by atoms with E-state index >= 15 is 0 Å². The van der Waals surface area contributed by atoms with Gasteiger partial charge >= 0.3 is 0 Å². The summed E-state index contributed by atoms with van der Waals surface area (Å²) in [4.78, 5) is 14.9. The van der Waals surface area contributed by atoms with Gasteiger partial charge in [0.25, 0.3) is 5.91 Å². The van der Waals surface area contributed by atoms with Crippen molar-refractivity contribution in [3.8, 4) is 0 Å². The molecule has 1 amide bonds. The van der Waals surface area contributed by atoms with Crippen LogP contribution in [0.1, 0.15) is 35.5 Å². The average molecular weight is 411 g/mol. The molecule has 2 aromatic carbocycles. The molecule has 2 heterocycles. The molecule has 1 aliphatic heterocycles. The number of anilines is 2. The predicted molar refractivity (Wildman–Crippen MR) is 107 cm³/mol. The van der Waals surface area contributed by atoms with Crippen molar-refractivity contribution < 1.29 is 9.21 Å². The molecule has 0 spiro atoms. The van der Waals surface area contributed by atoms with Crippen molar-refractivity contribution in [2.45, 2.75) is 25.4 Å². The van der Waals surface area contributed by atoms with Crippen LogP contribution >= 0.6 is 15.9 Å². The van der Waals surface area contributed by atoms with Crippen LogP contribution in [0, 0.1) is 0 Å². The van der Waals surface area contributed by atoms with Crippen molar-refractivity contribution >= 4 is 33.2 Å². The number of para-hydroxylation sites is 2. The molecule has 2 atom stereocenters. The lowest BCUT2D eigenvalue weighted by molar-refractivity contribution is 0.0946. The molecule has 0 saturated heterocycles. The van der Waals surface area contributed by atoms with Crippen molar-refractivity contribution in [2.24, 2.45) is 0 Å². The Morgan fingerprint density at radius 1 is 1.08 bits per heavy atom. The van der Waals surface area contributed by atoms with Crippen LogP contribution in [0.3, 0.4) is 0 Å². The molecule has 132 valence electrons. The molecule has 26 heavy (non-hydrogen) atoms. The van der Waals surface area contributed by atoms with Crippen LogP contribution in [-0.4, -0.2) is 11.9 Å². The van der Waals surface area contributed by atoms with Crippen LogP contribution in [0.4, 0.5) is 11.4 Å². The molecule has 1 aromatic heterocycles. The van der Waals surface area contributed by atoms with Gasteiger partial charge in [0.15, 0.2) is 10.4 Å². The molecule has 1 N–H and O–H groups in total. The lowest BCUT2D eigenvalue weighted by atomic mass is 9.91. The predicted octanol–water partition coefficient (Wildman–Crippen LogP) is 5.63. The second-order valence-corrected chi connectivity index (χ2v) is 7.27. The minimum absolute atomic E-state index is 0.0440. The number of benzene rings is 2. The lowest BCUT2D eigenvalue weighted by Gasteiger charge is -2.39. The van der Waals surface area contributed by atoms with Crippen LogP contribution < -0.4 is 10.2 Å². The fraction of sp³-hybridized carbons (Fsp3) is 0.190. The summed E-state index contributed by atoms with van der Waals surface area (Å²) in [5.74, 6) is 0.224. The monoisotopic (exact) mass is 410 g/mol. The van der Waals surface area contributed by atoms with Crippen molar-refractivity contribution in [3.63, 3.8) is 0 Å². The molecule has 0 saturated carbocycles. The zero-order valence-electron chi connectivity index (χ0n) is 14.4. The lowest BCUT2D eigenvalue weighted by Crippen LogP contribution is -2.44. The third-order valence-corrected chi connectivity index (χ3v) is 5.13. The highest BCUT2D eigenvalue weighted by molar-refractivity contribution is 9.10. The van der Waals surface area contributed by atoms with Crippen LogP contribution in [0.25, 0.3) is 0 Å². The summed E-state index contributed by atoms with van der Waals surface area (Å²) >= 11 is 3.27. The van der Waals surface area contributed by atoms with Gasteiger partial charge < -0.3 is 14.6 Å². The highest BCUT2D eigenvalue weighted by Crippen LogP contribution is 2.39. The first-order valence-electron chi connectivity index (χ1n) is 8.63. The Balaban J connectivity index is 1.69. The summed E-state index contributed by atoms with van der Waals surface area (Å²) in [5, 5.41) is 3.60. The minimum Gasteiger partial charge on any atom is -0.444 e. The quantitative estimate of drug-likeness (QED) is 0.607. The molecule has 4 rings (SSSR count). The second-order valence-electron chi connectivity index (χ2n) is 6.49. The fourth-order valence-corrected chi connectivity index (χ4v) is 3.85. The molecular formula is C21H19BrN2O2. The summed E-state index contributed by atoms with van der Waals surface area (Å²) in [6, 6.07) is 21.9. The van der Waals surface area contributed by atoms with Gasteiger partial charge in [-0.1, -0.05) is 36.4 Å². The van der Waals surface area contributed by atoms with E-state index < -0.39 is 0 Å². The third kappa shape index (κ3) is 3.15. The van der Waals surface area contributed by atoms with Gasteiger partial charge in [0.1, 0.15) is 0 Å². The smallest absolute Gasteiger partial charge is 0.294 e. The van der Waals surface area contributed by atoms with Crippen molar-refractivity contribution in [2.75, 3.05) is 10.2 Å². The van der Waals surface area contributed by atoms with E-state index in [1.807, 2.05) is 41.3 Å². The van der Waals surface area contributed by atoms with Crippen LogP contribution in [0.2, 0.25) is 0 Å². The minimum atomic E-state index is -0.117. The number of carbonyl (C=O) groups is 1. The first-order valence-corrected chi connectivity index (χ1v) is 9.42. The zero-order chi connectivity index (χ0) is 18.1. The van der Waals surface area contributed by atoms with E-state index in [9.17, 15) is 4.79 Å². The summed E-state index contributed by atoms with van der Waals surface area (Å²) in [6.45, 7) is 2.07. The number of hydrogen-bond acceptors (Lipinski definition) is 3. The van der Waals surface area contributed by atoms with Crippen LogP contribution in [-0.2, 0) is 0 Å². The molecule has 0 radical (unpaired) electrons. The number of furan rings is 1. The number of nitrogens with one attached hydrogen (secondary N) is 1. The molecule has 5 heteroatoms. The number of hydrogen-bond donors (Lipinski definition) is 1. The maximum Gasteiger partial charge on any atom is 0.294 e. The Morgan fingerprint density at radius 3 is 2.54 bits per heavy atom. The van der Waals surface area contributed by atoms with E-state index in [2.05, 4.69) is 46.4 Å². The van der Waals surface area contributed by atoms with Crippen molar-refractivity contribution in [1.82, 2.24) is 0 Å². The maximum atomic E-state index is 13.0. The highest BCUT2D eigenvalue weighted by atomic mass is 79.9. The van der Waals surface area contributed by atoms with Gasteiger partial charge in [-0.3, -0.25) is 4.79 Å². The van der Waals surface area contributed by atoms with Crippen LogP contribution in [0.15, 0.2) is 75.8 Å². The van der Waals surface area contributed by atoms with Gasteiger partial charge in [0.2, 0.25) is 0 Å². The topological polar surface area (TPSA) is 45.5 Å². The molecule has 0 aliphatic carbocycles. The molecule has 4 nitrogen and oxygen atoms in total. The van der Waals surface area contributed by atoms with E-state index in [0.29, 0.717) is 10.4 Å². The van der Waals surface area contributed by atoms with Crippen molar-refractivity contribution in [1.29, 1.82) is 0 Å². The molecule has 3 aromatic rings. The maximum absolute atomic E-state index is 13.0. The molecule has 2 unspecified atom stereocenters. The standard InChI is InChI=1S/C21H19BrN2O2/c1-14-13-17(23-15-7-3-2-4-8-15)16-9-5-6-10-18(16)24(14)21(25)19-11-12-20(22)26-19/h2-12,14,17,23H,13H2,1H3. The van der Waals surface area contributed by atoms with Gasteiger partial charge in [-0.15, -0.1) is 0 Å². The van der Waals surface area contributed by atoms with Gasteiger partial charge in [0.05, 0.1) is 6.04 Å². The number of rotatable bonds is 3. The van der Waals surface area contributed by atoms with E-state index in [-0.39, 0.29) is 18.0 Å². The summed E-state index contributed by atoms with van der Waals surface area (Å²) < 4.78 is 6.05. The van der Waals surface area contributed by atoms with E-state index in [0.717, 1.165) is 23.4 Å². The Morgan fingerprint density at radius 2 is 1.81 bits per heavy atom. The summed E-state index contributed by atoms with van der Waals surface area (Å²) in [7, 11) is 0. The average Bonchev–Trinajstić information content (AvgIpc) is 3.09. The van der Waals surface area contributed by atoms with E-state index in [4.69, 9.17) is 4.42 Å². The largest absolute Gasteiger partial charge is 0.444 e. The SMILES string of the molecule is CC1CC(Nc2ccccc2)c2ccccc2N1C(=O)c1ccc(Br)o1.